The highest BCUT2D eigenvalue weighted by Gasteiger charge is 2.45. The van der Waals surface area contributed by atoms with Gasteiger partial charge >= 0.3 is 0 Å². The van der Waals surface area contributed by atoms with Crippen LogP contribution < -0.4 is 0 Å². The maximum Gasteiger partial charge on any atom is 0.0489 e. The minimum Gasteiger partial charge on any atom is -0.139 e. The smallest absolute Gasteiger partial charge is 0.0489 e. The molecule has 2 aromatic heterocycles. The molecule has 0 nitrogen and oxygen atoms in total. The third-order valence-corrected chi connectivity index (χ3v) is 9.83. The molecular formula is C27H42S2. The van der Waals surface area contributed by atoms with Crippen molar-refractivity contribution < 1.29 is 0 Å². The second kappa shape index (κ2) is 10.1. The van der Waals surface area contributed by atoms with E-state index in [1.165, 1.54) is 64.2 Å². The van der Waals surface area contributed by atoms with E-state index in [1.807, 2.05) is 0 Å². The predicted molar refractivity (Wildman–Crippen MR) is 134 cm³/mol. The van der Waals surface area contributed by atoms with Gasteiger partial charge in [0.05, 0.1) is 0 Å². The summed E-state index contributed by atoms with van der Waals surface area (Å²) in [5, 5.41) is 0. The Labute approximate surface area is 188 Å². The maximum atomic E-state index is 2.62. The molecular weight excluding hydrogens is 388 g/mol. The Bertz CT molecular complexity index is 708. The number of hydrogen-bond acceptors (Lipinski definition) is 2. The van der Waals surface area contributed by atoms with Crippen LogP contribution in [0.4, 0.5) is 0 Å². The average Bonchev–Trinajstić information content (AvgIpc) is 3.36. The Morgan fingerprint density at radius 1 is 0.655 bits per heavy atom. The number of rotatable bonds is 12. The molecule has 0 radical (unpaired) electrons. The van der Waals surface area contributed by atoms with E-state index in [-0.39, 0.29) is 0 Å². The number of fused-ring (bicyclic) bond motifs is 3. The first-order valence-electron chi connectivity index (χ1n) is 12.2. The molecule has 1 aliphatic carbocycles. The Morgan fingerprint density at radius 3 is 1.41 bits per heavy atom. The van der Waals surface area contributed by atoms with E-state index < -0.39 is 0 Å². The van der Waals surface area contributed by atoms with Crippen LogP contribution in [0.5, 0.6) is 0 Å². The molecule has 2 heterocycles. The van der Waals surface area contributed by atoms with Crippen molar-refractivity contribution in [3.63, 3.8) is 0 Å². The molecule has 0 spiro atoms. The van der Waals surface area contributed by atoms with Crippen LogP contribution >= 0.6 is 22.7 Å². The summed E-state index contributed by atoms with van der Waals surface area (Å²) < 4.78 is 0. The van der Waals surface area contributed by atoms with Crippen LogP contribution in [0.15, 0.2) is 12.1 Å². The van der Waals surface area contributed by atoms with Gasteiger partial charge in [-0.15, -0.1) is 22.7 Å². The molecule has 29 heavy (non-hydrogen) atoms. The van der Waals surface area contributed by atoms with E-state index in [1.54, 1.807) is 30.6 Å². The lowest BCUT2D eigenvalue weighted by molar-refractivity contribution is 0.401. The highest BCUT2D eigenvalue weighted by atomic mass is 32.1. The molecule has 0 N–H and O–H groups in total. The molecule has 0 saturated carbocycles. The molecule has 0 fully saturated rings. The highest BCUT2D eigenvalue weighted by molar-refractivity contribution is 7.22. The van der Waals surface area contributed by atoms with Crippen molar-refractivity contribution in [2.45, 2.75) is 123 Å². The van der Waals surface area contributed by atoms with Gasteiger partial charge in [0.15, 0.2) is 0 Å². The molecule has 0 atom stereocenters. The second-order valence-corrected chi connectivity index (χ2v) is 12.0. The maximum absolute atomic E-state index is 2.62. The van der Waals surface area contributed by atoms with Crippen molar-refractivity contribution >= 4 is 22.7 Å². The third kappa shape index (κ3) is 4.69. The molecule has 162 valence electrons. The van der Waals surface area contributed by atoms with Gasteiger partial charge in [-0.25, -0.2) is 0 Å². The summed E-state index contributed by atoms with van der Waals surface area (Å²) in [6.07, 6.45) is 13.6. The third-order valence-electron chi connectivity index (χ3n) is 6.79. The van der Waals surface area contributed by atoms with Gasteiger partial charge in [0.1, 0.15) is 0 Å². The predicted octanol–water partition coefficient (Wildman–Crippen LogP) is 10.3. The van der Waals surface area contributed by atoms with Gasteiger partial charge in [-0.2, -0.15) is 0 Å². The molecule has 3 rings (SSSR count). The fraction of sp³-hybridized carbons (Fsp3) is 0.704. The van der Waals surface area contributed by atoms with Gasteiger partial charge in [0, 0.05) is 24.9 Å². The van der Waals surface area contributed by atoms with E-state index in [9.17, 15) is 0 Å². The summed E-state index contributed by atoms with van der Waals surface area (Å²) in [5.74, 6) is 1.27. The zero-order valence-electron chi connectivity index (χ0n) is 19.7. The zero-order valence-corrected chi connectivity index (χ0v) is 21.3. The molecule has 0 aliphatic heterocycles. The molecule has 0 amide bonds. The number of unbranched alkanes of at least 4 members (excludes halogenated alkanes) is 6. The molecule has 0 bridgehead atoms. The molecule has 2 aromatic rings. The normalized spacial score (nSPS) is 14.8. The zero-order chi connectivity index (χ0) is 21.0. The van der Waals surface area contributed by atoms with Crippen molar-refractivity contribution in [1.82, 2.24) is 0 Å². The summed E-state index contributed by atoms with van der Waals surface area (Å²) in [7, 11) is 0. The van der Waals surface area contributed by atoms with Crippen LogP contribution in [-0.4, -0.2) is 0 Å². The molecule has 0 saturated heterocycles. The van der Waals surface area contributed by atoms with Crippen molar-refractivity contribution in [2.24, 2.45) is 0 Å². The van der Waals surface area contributed by atoms with E-state index in [0.717, 1.165) is 0 Å². The second-order valence-electron chi connectivity index (χ2n) is 9.80. The lowest BCUT2D eigenvalue weighted by atomic mass is 9.71. The first-order valence-corrected chi connectivity index (χ1v) is 13.9. The van der Waals surface area contributed by atoms with Crippen molar-refractivity contribution in [1.29, 1.82) is 0 Å². The van der Waals surface area contributed by atoms with Gasteiger partial charge in [-0.3, -0.25) is 0 Å². The lowest BCUT2D eigenvalue weighted by Gasteiger charge is -2.32. The number of hydrogen-bond donors (Lipinski definition) is 0. The minimum absolute atomic E-state index is 0.291. The van der Waals surface area contributed by atoms with E-state index >= 15 is 0 Å². The van der Waals surface area contributed by atoms with Gasteiger partial charge < -0.3 is 0 Å². The van der Waals surface area contributed by atoms with Crippen LogP contribution in [0.2, 0.25) is 0 Å². The fourth-order valence-corrected chi connectivity index (χ4v) is 7.63. The Morgan fingerprint density at radius 2 is 1.07 bits per heavy atom. The largest absolute Gasteiger partial charge is 0.139 e. The SMILES string of the molecule is CCCCCCC1(CCCCCC)c2cc(C(C)C)sc2-c2sc(C(C)C)cc21. The first-order chi connectivity index (χ1) is 13.9. The van der Waals surface area contributed by atoms with Crippen LogP contribution in [0.1, 0.15) is 138 Å². The summed E-state index contributed by atoms with van der Waals surface area (Å²) >= 11 is 4.20. The number of thiophene rings is 2. The van der Waals surface area contributed by atoms with Crippen LogP contribution in [0.25, 0.3) is 9.75 Å². The standard InChI is InChI=1S/C27H42S2/c1-7-9-11-13-15-27(16-14-12-10-8-2)21-17-23(19(3)4)28-25(21)26-22(27)18-24(29-26)20(5)6/h17-20H,7-16H2,1-6H3. The molecule has 0 aromatic carbocycles. The molecule has 1 aliphatic rings. The Kier molecular flexibility index (Phi) is 8.07. The van der Waals surface area contributed by atoms with Crippen molar-refractivity contribution in [3.05, 3.63) is 33.0 Å². The monoisotopic (exact) mass is 430 g/mol. The Hall–Kier alpha value is -0.600. The first kappa shape index (κ1) is 23.1. The van der Waals surface area contributed by atoms with Gasteiger partial charge in [0.2, 0.25) is 0 Å². The summed E-state index contributed by atoms with van der Waals surface area (Å²) in [6, 6.07) is 5.23. The Balaban J connectivity index is 2.03. The van der Waals surface area contributed by atoms with Gasteiger partial charge in [0.25, 0.3) is 0 Å². The van der Waals surface area contributed by atoms with E-state index in [2.05, 4.69) is 76.3 Å². The molecule has 2 heteroatoms. The van der Waals surface area contributed by atoms with E-state index in [4.69, 9.17) is 0 Å². The minimum atomic E-state index is 0.291. The van der Waals surface area contributed by atoms with Crippen molar-refractivity contribution in [2.75, 3.05) is 0 Å². The average molecular weight is 431 g/mol. The summed E-state index contributed by atoms with van der Waals surface area (Å²) in [5.41, 5.74) is 3.70. The summed E-state index contributed by atoms with van der Waals surface area (Å²) in [4.78, 5) is 6.44. The van der Waals surface area contributed by atoms with Crippen molar-refractivity contribution in [3.8, 4) is 9.75 Å². The van der Waals surface area contributed by atoms with E-state index in [0.29, 0.717) is 17.3 Å². The quantitative estimate of drug-likeness (QED) is 0.294. The summed E-state index contributed by atoms with van der Waals surface area (Å²) in [6.45, 7) is 14.1. The topological polar surface area (TPSA) is 0 Å². The fourth-order valence-electron chi connectivity index (χ4n) is 4.95. The van der Waals surface area contributed by atoms with Gasteiger partial charge in [-0.05, 0) is 47.9 Å². The molecule has 0 unspecified atom stereocenters. The van der Waals surface area contributed by atoms with Crippen LogP contribution in [0.3, 0.4) is 0 Å². The van der Waals surface area contributed by atoms with Crippen LogP contribution in [0, 0.1) is 0 Å². The lowest BCUT2D eigenvalue weighted by Crippen LogP contribution is -2.25. The van der Waals surface area contributed by atoms with Gasteiger partial charge in [-0.1, -0.05) is 92.9 Å². The highest BCUT2D eigenvalue weighted by Crippen LogP contribution is 2.60. The van der Waals surface area contributed by atoms with Crippen LogP contribution in [-0.2, 0) is 5.41 Å².